The van der Waals surface area contributed by atoms with Crippen LogP contribution in [0.25, 0.3) is 0 Å². The number of ether oxygens (including phenoxy) is 2. The Labute approximate surface area is 256 Å². The number of benzene rings is 2. The number of hydrogen-bond donors (Lipinski definition) is 2. The lowest BCUT2D eigenvalue weighted by atomic mass is 9.89. The molecule has 0 aromatic heterocycles. The number of carbonyl (C=O) groups is 2. The Morgan fingerprint density at radius 2 is 1.60 bits per heavy atom. The molecule has 2 aliphatic heterocycles. The van der Waals surface area contributed by atoms with Crippen molar-refractivity contribution in [2.75, 3.05) is 58.0 Å². The number of aldehydes is 1. The van der Waals surface area contributed by atoms with Crippen LogP contribution >= 0.6 is 0 Å². The van der Waals surface area contributed by atoms with Crippen LogP contribution in [0.2, 0.25) is 0 Å². The van der Waals surface area contributed by atoms with Gasteiger partial charge in [-0.05, 0) is 42.7 Å². The summed E-state index contributed by atoms with van der Waals surface area (Å²) in [6.07, 6.45) is -10.6. The highest BCUT2D eigenvalue weighted by Crippen LogP contribution is 2.50. The third kappa shape index (κ3) is 6.93. The number of rotatable bonds is 10. The first kappa shape index (κ1) is 34.2. The summed E-state index contributed by atoms with van der Waals surface area (Å²) in [5.74, 6) is 1.02. The second-order valence-electron chi connectivity index (χ2n) is 11.4. The van der Waals surface area contributed by atoms with E-state index in [1.807, 2.05) is 4.90 Å². The molecule has 45 heavy (non-hydrogen) atoms. The molecule has 2 amide bonds. The summed E-state index contributed by atoms with van der Waals surface area (Å²) in [5.41, 5.74) is -6.24. The fourth-order valence-corrected chi connectivity index (χ4v) is 5.39. The van der Waals surface area contributed by atoms with E-state index >= 15 is 0 Å². The summed E-state index contributed by atoms with van der Waals surface area (Å²) in [6, 6.07) is 7.21. The van der Waals surface area contributed by atoms with Gasteiger partial charge in [0.25, 0.3) is 5.60 Å². The fraction of sp³-hybridized carbons (Fsp3) is 0.533. The Kier molecular flexibility index (Phi) is 9.83. The SMILES string of the molecule is CCCc1cc(C(O)(C(F)(F)F)C(F)(F)F)ccc1N1CCN(CCN(C)C(=O)NC(C)(C=O)c2ccc3c(c2)OCO3)CC1. The maximum atomic E-state index is 13.5. The zero-order valence-corrected chi connectivity index (χ0v) is 25.1. The number of alkyl halides is 6. The predicted octanol–water partition coefficient (Wildman–Crippen LogP) is 4.56. The van der Waals surface area contributed by atoms with Crippen molar-refractivity contribution in [3.63, 3.8) is 0 Å². The van der Waals surface area contributed by atoms with Crippen LogP contribution in [0.15, 0.2) is 36.4 Å². The third-order valence-corrected chi connectivity index (χ3v) is 8.22. The summed E-state index contributed by atoms with van der Waals surface area (Å²) in [7, 11) is 1.60. The van der Waals surface area contributed by atoms with Crippen LogP contribution in [0.5, 0.6) is 11.5 Å². The van der Waals surface area contributed by atoms with Gasteiger partial charge >= 0.3 is 18.4 Å². The highest BCUT2D eigenvalue weighted by atomic mass is 19.4. The number of nitrogens with zero attached hydrogens (tertiary/aromatic N) is 3. The molecule has 0 aliphatic carbocycles. The molecule has 2 aromatic rings. The second-order valence-corrected chi connectivity index (χ2v) is 11.4. The van der Waals surface area contributed by atoms with Gasteiger partial charge in [-0.25, -0.2) is 4.79 Å². The molecule has 2 aromatic carbocycles. The van der Waals surface area contributed by atoms with E-state index in [4.69, 9.17) is 9.47 Å². The number of aliphatic hydroxyl groups is 1. The normalized spacial score (nSPS) is 17.2. The number of likely N-dealkylation sites (N-methyl/N-ethyl adjacent to an activating group) is 1. The van der Waals surface area contributed by atoms with E-state index in [-0.39, 0.29) is 18.8 Å². The molecule has 1 atom stereocenters. The van der Waals surface area contributed by atoms with Gasteiger partial charge in [-0.3, -0.25) is 4.90 Å². The number of urea groups is 1. The molecular weight excluding hydrogens is 610 g/mol. The number of piperazine rings is 1. The molecule has 1 fully saturated rings. The van der Waals surface area contributed by atoms with Crippen molar-refractivity contribution < 1.29 is 50.5 Å². The monoisotopic (exact) mass is 646 g/mol. The minimum absolute atomic E-state index is 0.0698. The topological polar surface area (TPSA) is 94.6 Å². The smallest absolute Gasteiger partial charge is 0.430 e. The maximum absolute atomic E-state index is 13.5. The van der Waals surface area contributed by atoms with E-state index in [1.54, 1.807) is 39.1 Å². The van der Waals surface area contributed by atoms with Crippen LogP contribution in [-0.4, -0.2) is 92.7 Å². The summed E-state index contributed by atoms with van der Waals surface area (Å²) >= 11 is 0. The number of amides is 2. The molecule has 15 heteroatoms. The van der Waals surface area contributed by atoms with E-state index in [9.17, 15) is 41.0 Å². The van der Waals surface area contributed by atoms with Crippen LogP contribution in [0.4, 0.5) is 36.8 Å². The van der Waals surface area contributed by atoms with Gasteiger partial charge in [-0.15, -0.1) is 0 Å². The molecule has 0 saturated carbocycles. The number of aryl methyl sites for hydroxylation is 1. The standard InChI is InChI=1S/C30H36F6N4O5/c1-4-5-20-16-22(28(43,29(31,32)33)30(34,35)36)6-8-23(20)40-14-12-39(13-15-40)11-10-38(3)26(42)37-27(2,18-41)21-7-9-24-25(17-21)45-19-44-24/h6-9,16-18,43H,4-5,10-15,19H2,1-3H3,(H,37,42). The van der Waals surface area contributed by atoms with Gasteiger partial charge in [-0.2, -0.15) is 26.3 Å². The van der Waals surface area contributed by atoms with Gasteiger partial charge in [0.15, 0.2) is 11.5 Å². The van der Waals surface area contributed by atoms with Crippen LogP contribution in [0, 0.1) is 0 Å². The molecule has 0 spiro atoms. The van der Waals surface area contributed by atoms with Crippen molar-refractivity contribution in [3.8, 4) is 11.5 Å². The number of hydrogen-bond acceptors (Lipinski definition) is 7. The first-order valence-electron chi connectivity index (χ1n) is 14.4. The number of nitrogens with one attached hydrogen (secondary N) is 1. The van der Waals surface area contributed by atoms with Crippen LogP contribution in [-0.2, 0) is 22.4 Å². The molecule has 1 unspecified atom stereocenters. The van der Waals surface area contributed by atoms with Crippen LogP contribution < -0.4 is 19.7 Å². The van der Waals surface area contributed by atoms with Crippen molar-refractivity contribution in [3.05, 3.63) is 53.1 Å². The van der Waals surface area contributed by atoms with Crippen molar-refractivity contribution in [1.29, 1.82) is 0 Å². The Bertz CT molecular complexity index is 1370. The van der Waals surface area contributed by atoms with Crippen LogP contribution in [0.3, 0.4) is 0 Å². The van der Waals surface area contributed by atoms with Crippen molar-refractivity contribution in [1.82, 2.24) is 15.1 Å². The maximum Gasteiger partial charge on any atom is 0.430 e. The number of halogens is 6. The van der Waals surface area contributed by atoms with Gasteiger partial charge in [0.1, 0.15) is 11.8 Å². The summed E-state index contributed by atoms with van der Waals surface area (Å²) < 4.78 is 91.4. The van der Waals surface area contributed by atoms with E-state index in [1.165, 1.54) is 11.0 Å². The molecule has 248 valence electrons. The average Bonchev–Trinajstić information content (AvgIpc) is 3.47. The Hall–Kier alpha value is -3.72. The number of anilines is 1. The fourth-order valence-electron chi connectivity index (χ4n) is 5.39. The van der Waals surface area contributed by atoms with Crippen molar-refractivity contribution in [2.24, 2.45) is 0 Å². The molecule has 2 aliphatic rings. The molecule has 2 N–H and O–H groups in total. The minimum atomic E-state index is -5.95. The summed E-state index contributed by atoms with van der Waals surface area (Å²) in [6.45, 7) is 6.17. The Morgan fingerprint density at radius 1 is 0.978 bits per heavy atom. The van der Waals surface area contributed by atoms with Crippen LogP contribution in [0.1, 0.15) is 37.0 Å². The van der Waals surface area contributed by atoms with E-state index in [0.29, 0.717) is 80.8 Å². The van der Waals surface area contributed by atoms with Gasteiger partial charge in [0, 0.05) is 57.6 Å². The lowest BCUT2D eigenvalue weighted by Crippen LogP contribution is -2.54. The lowest BCUT2D eigenvalue weighted by molar-refractivity contribution is -0.376. The largest absolute Gasteiger partial charge is 0.454 e. The van der Waals surface area contributed by atoms with Gasteiger partial charge < -0.3 is 34.5 Å². The Morgan fingerprint density at radius 3 is 2.20 bits per heavy atom. The minimum Gasteiger partial charge on any atom is -0.454 e. The molecular formula is C30H36F6N4O5. The van der Waals surface area contributed by atoms with Crippen molar-refractivity contribution in [2.45, 2.75) is 50.2 Å². The second kappa shape index (κ2) is 12.9. The number of carbonyl (C=O) groups excluding carboxylic acids is 2. The predicted molar refractivity (Wildman–Crippen MR) is 152 cm³/mol. The summed E-state index contributed by atoms with van der Waals surface area (Å²) in [5, 5.41) is 12.6. The quantitative estimate of drug-likeness (QED) is 0.289. The van der Waals surface area contributed by atoms with Gasteiger partial charge in [0.2, 0.25) is 6.79 Å². The average molecular weight is 647 g/mol. The highest BCUT2D eigenvalue weighted by molar-refractivity contribution is 5.81. The van der Waals surface area contributed by atoms with E-state index in [2.05, 4.69) is 10.2 Å². The highest BCUT2D eigenvalue weighted by Gasteiger charge is 2.71. The zero-order valence-electron chi connectivity index (χ0n) is 25.1. The molecule has 0 radical (unpaired) electrons. The molecule has 1 saturated heterocycles. The molecule has 2 heterocycles. The third-order valence-electron chi connectivity index (χ3n) is 8.22. The first-order valence-corrected chi connectivity index (χ1v) is 14.4. The number of fused-ring (bicyclic) bond motifs is 1. The lowest BCUT2D eigenvalue weighted by Gasteiger charge is -2.38. The Balaban J connectivity index is 1.36. The van der Waals surface area contributed by atoms with E-state index < -0.39 is 35.1 Å². The van der Waals surface area contributed by atoms with Gasteiger partial charge in [0.05, 0.1) is 0 Å². The summed E-state index contributed by atoms with van der Waals surface area (Å²) in [4.78, 5) is 30.4. The van der Waals surface area contributed by atoms with E-state index in [0.717, 1.165) is 6.07 Å². The molecule has 4 rings (SSSR count). The molecule has 9 nitrogen and oxygen atoms in total. The van der Waals surface area contributed by atoms with Gasteiger partial charge in [-0.1, -0.05) is 31.5 Å². The molecule has 0 bridgehead atoms. The first-order chi connectivity index (χ1) is 21.0. The zero-order chi connectivity index (χ0) is 33.2. The van der Waals surface area contributed by atoms with Crippen molar-refractivity contribution >= 4 is 18.0 Å².